The summed E-state index contributed by atoms with van der Waals surface area (Å²) in [5.41, 5.74) is 13.6. The van der Waals surface area contributed by atoms with Crippen molar-refractivity contribution < 1.29 is 0 Å². The van der Waals surface area contributed by atoms with Gasteiger partial charge in [-0.05, 0) is 47.5 Å². The molecule has 0 aliphatic carbocycles. The Hall–Kier alpha value is -4.59. The summed E-state index contributed by atoms with van der Waals surface area (Å²) < 4.78 is 0. The molecule has 8 nitrogen and oxygen atoms in total. The van der Waals surface area contributed by atoms with E-state index in [-0.39, 0.29) is 0 Å². The second kappa shape index (κ2) is 6.74. The highest BCUT2D eigenvalue weighted by molar-refractivity contribution is 6.00. The van der Waals surface area contributed by atoms with Crippen LogP contribution in [0.15, 0.2) is 73.6 Å². The summed E-state index contributed by atoms with van der Waals surface area (Å²) in [5, 5.41) is 9.58. The van der Waals surface area contributed by atoms with Gasteiger partial charge in [0, 0.05) is 47.3 Å². The van der Waals surface area contributed by atoms with E-state index >= 15 is 0 Å². The van der Waals surface area contributed by atoms with Crippen molar-refractivity contribution in [3.8, 4) is 33.8 Å². The molecule has 4 N–H and O–H groups in total. The molecule has 0 fully saturated rings. The molecule has 6 rings (SSSR count). The van der Waals surface area contributed by atoms with Gasteiger partial charge in [0.05, 0.1) is 28.8 Å². The van der Waals surface area contributed by atoms with Gasteiger partial charge in [-0.25, -0.2) is 4.98 Å². The highest BCUT2D eigenvalue weighted by Crippen LogP contribution is 2.33. The number of anilines is 1. The standard InChI is InChI=1S/C23H16N8/c24-15-7-14(10-26-11-15)19-9-18-21(12-28-19)30-31-22(18)20-8-17-16(3-6-27-23(17)29-20)13-1-4-25-5-2-13/h1-12H,24H2,(H,27,29)(H,30,31). The lowest BCUT2D eigenvalue weighted by molar-refractivity contribution is 1.11. The lowest BCUT2D eigenvalue weighted by Crippen LogP contribution is -1.89. The molecule has 0 aromatic carbocycles. The molecule has 0 amide bonds. The monoisotopic (exact) mass is 404 g/mol. The van der Waals surface area contributed by atoms with Crippen LogP contribution in [-0.4, -0.2) is 35.1 Å². The minimum Gasteiger partial charge on any atom is -0.397 e. The largest absolute Gasteiger partial charge is 0.397 e. The number of nitrogen functional groups attached to an aromatic ring is 1. The van der Waals surface area contributed by atoms with Gasteiger partial charge < -0.3 is 10.7 Å². The predicted molar refractivity (Wildman–Crippen MR) is 120 cm³/mol. The quantitative estimate of drug-likeness (QED) is 0.406. The molecule has 0 unspecified atom stereocenters. The van der Waals surface area contributed by atoms with Crippen molar-refractivity contribution in [2.45, 2.75) is 0 Å². The van der Waals surface area contributed by atoms with Gasteiger partial charge in [0.1, 0.15) is 11.3 Å². The van der Waals surface area contributed by atoms with Crippen LogP contribution < -0.4 is 5.73 Å². The zero-order valence-corrected chi connectivity index (χ0v) is 16.2. The van der Waals surface area contributed by atoms with Gasteiger partial charge in [-0.1, -0.05) is 0 Å². The number of hydrogen-bond donors (Lipinski definition) is 3. The summed E-state index contributed by atoms with van der Waals surface area (Å²) in [5.74, 6) is 0. The Balaban J connectivity index is 1.51. The van der Waals surface area contributed by atoms with Gasteiger partial charge in [-0.15, -0.1) is 0 Å². The molecular formula is C23H16N8. The molecule has 6 aromatic rings. The number of pyridine rings is 4. The van der Waals surface area contributed by atoms with E-state index in [1.165, 1.54) is 0 Å². The van der Waals surface area contributed by atoms with Crippen LogP contribution in [0, 0.1) is 0 Å². The molecule has 0 aliphatic heterocycles. The summed E-state index contributed by atoms with van der Waals surface area (Å²) in [6, 6.07) is 11.9. The van der Waals surface area contributed by atoms with Crippen LogP contribution in [0.25, 0.3) is 55.7 Å². The lowest BCUT2D eigenvalue weighted by Gasteiger charge is -2.02. The topological polar surface area (TPSA) is 122 Å². The second-order valence-electron chi connectivity index (χ2n) is 7.23. The fourth-order valence-electron chi connectivity index (χ4n) is 3.82. The van der Waals surface area contributed by atoms with E-state index in [1.807, 2.05) is 30.3 Å². The van der Waals surface area contributed by atoms with Gasteiger partial charge in [0.15, 0.2) is 0 Å². The number of aromatic nitrogens is 7. The Bertz CT molecular complexity index is 1550. The van der Waals surface area contributed by atoms with Crippen LogP contribution in [0.1, 0.15) is 0 Å². The predicted octanol–water partition coefficient (Wildman–Crippen LogP) is 4.21. The van der Waals surface area contributed by atoms with Crippen molar-refractivity contribution in [3.05, 3.63) is 73.6 Å². The summed E-state index contributed by atoms with van der Waals surface area (Å²) in [6.07, 6.45) is 10.5. The molecule has 0 aliphatic rings. The Morgan fingerprint density at radius 3 is 2.55 bits per heavy atom. The first-order valence-electron chi connectivity index (χ1n) is 9.70. The van der Waals surface area contributed by atoms with Crippen molar-refractivity contribution >= 4 is 27.6 Å². The van der Waals surface area contributed by atoms with Crippen LogP contribution in [0.5, 0.6) is 0 Å². The molecule has 6 aromatic heterocycles. The van der Waals surface area contributed by atoms with Gasteiger partial charge >= 0.3 is 0 Å². The Labute approximate surface area is 176 Å². The Kier molecular flexibility index (Phi) is 3.76. The maximum atomic E-state index is 5.89. The Morgan fingerprint density at radius 2 is 1.68 bits per heavy atom. The normalized spacial score (nSPS) is 11.4. The number of rotatable bonds is 3. The highest BCUT2D eigenvalue weighted by Gasteiger charge is 2.15. The van der Waals surface area contributed by atoms with Crippen LogP contribution >= 0.6 is 0 Å². The number of H-pyrrole nitrogens is 2. The summed E-state index contributed by atoms with van der Waals surface area (Å²) in [6.45, 7) is 0. The number of hydrogen-bond acceptors (Lipinski definition) is 6. The van der Waals surface area contributed by atoms with Gasteiger partial charge in [-0.2, -0.15) is 5.10 Å². The smallest absolute Gasteiger partial charge is 0.138 e. The van der Waals surface area contributed by atoms with Gasteiger partial charge in [0.25, 0.3) is 0 Å². The molecular weight excluding hydrogens is 388 g/mol. The summed E-state index contributed by atoms with van der Waals surface area (Å²) in [4.78, 5) is 20.7. The minimum atomic E-state index is 0.595. The number of aromatic amines is 2. The first-order valence-corrected chi connectivity index (χ1v) is 9.70. The third-order valence-electron chi connectivity index (χ3n) is 5.28. The molecule has 148 valence electrons. The first kappa shape index (κ1) is 17.3. The van der Waals surface area contributed by atoms with E-state index in [4.69, 9.17) is 5.73 Å². The molecule has 31 heavy (non-hydrogen) atoms. The van der Waals surface area contributed by atoms with Crippen molar-refractivity contribution in [1.29, 1.82) is 0 Å². The van der Waals surface area contributed by atoms with Crippen LogP contribution in [0.3, 0.4) is 0 Å². The minimum absolute atomic E-state index is 0.595. The van der Waals surface area contributed by atoms with E-state index in [1.54, 1.807) is 37.2 Å². The van der Waals surface area contributed by atoms with Crippen molar-refractivity contribution in [1.82, 2.24) is 35.1 Å². The van der Waals surface area contributed by atoms with Gasteiger partial charge in [0.2, 0.25) is 0 Å². The van der Waals surface area contributed by atoms with Crippen LogP contribution in [-0.2, 0) is 0 Å². The van der Waals surface area contributed by atoms with Crippen LogP contribution in [0.4, 0.5) is 5.69 Å². The zero-order chi connectivity index (χ0) is 20.8. The molecule has 0 radical (unpaired) electrons. The van der Waals surface area contributed by atoms with E-state index < -0.39 is 0 Å². The van der Waals surface area contributed by atoms with E-state index in [0.29, 0.717) is 5.69 Å². The van der Waals surface area contributed by atoms with Gasteiger partial charge in [-0.3, -0.25) is 20.1 Å². The zero-order valence-electron chi connectivity index (χ0n) is 16.2. The summed E-state index contributed by atoms with van der Waals surface area (Å²) >= 11 is 0. The third-order valence-corrected chi connectivity index (χ3v) is 5.28. The SMILES string of the molecule is Nc1cncc(-c2cc3c(-c4cc5c(-c6ccncc6)ccnc5[nH]4)n[nH]c3cn2)c1. The fraction of sp³-hybridized carbons (Fsp3) is 0. The third kappa shape index (κ3) is 2.89. The van der Waals surface area contributed by atoms with E-state index in [2.05, 4.69) is 41.2 Å². The number of nitrogens with two attached hydrogens (primary N) is 1. The van der Waals surface area contributed by atoms with Crippen molar-refractivity contribution in [2.75, 3.05) is 5.73 Å². The fourth-order valence-corrected chi connectivity index (χ4v) is 3.82. The van der Waals surface area contributed by atoms with E-state index in [9.17, 15) is 0 Å². The molecule has 0 spiro atoms. The number of nitrogens with one attached hydrogen (secondary N) is 2. The maximum Gasteiger partial charge on any atom is 0.138 e. The number of fused-ring (bicyclic) bond motifs is 2. The Morgan fingerprint density at radius 1 is 0.774 bits per heavy atom. The first-order chi connectivity index (χ1) is 15.3. The molecule has 0 saturated carbocycles. The van der Waals surface area contributed by atoms with Crippen molar-refractivity contribution in [2.24, 2.45) is 0 Å². The number of nitrogens with zero attached hydrogens (tertiary/aromatic N) is 5. The molecule has 8 heteroatoms. The van der Waals surface area contributed by atoms with Crippen molar-refractivity contribution in [3.63, 3.8) is 0 Å². The van der Waals surface area contributed by atoms with Crippen LogP contribution in [0.2, 0.25) is 0 Å². The molecule has 0 atom stereocenters. The molecule has 6 heterocycles. The maximum absolute atomic E-state index is 5.89. The van der Waals surface area contributed by atoms with E-state index in [0.717, 1.165) is 55.7 Å². The average molecular weight is 404 g/mol. The average Bonchev–Trinajstić information content (AvgIpc) is 3.43. The second-order valence-corrected chi connectivity index (χ2v) is 7.23. The lowest BCUT2D eigenvalue weighted by atomic mass is 10.0. The highest BCUT2D eigenvalue weighted by atomic mass is 15.1. The molecule has 0 saturated heterocycles. The summed E-state index contributed by atoms with van der Waals surface area (Å²) in [7, 11) is 0. The molecule has 0 bridgehead atoms.